The highest BCUT2D eigenvalue weighted by Gasteiger charge is 2.50. The summed E-state index contributed by atoms with van der Waals surface area (Å²) in [7, 11) is -5.41. The van der Waals surface area contributed by atoms with Gasteiger partial charge in [0.1, 0.15) is 11.2 Å². The summed E-state index contributed by atoms with van der Waals surface area (Å²) in [6.45, 7) is 0. The van der Waals surface area contributed by atoms with Crippen LogP contribution < -0.4 is 46.4 Å². The molecule has 14 rings (SSSR count). The van der Waals surface area contributed by atoms with Crippen LogP contribution in [0.2, 0.25) is 0 Å². The molecule has 11 aromatic carbocycles. The van der Waals surface area contributed by atoms with E-state index < -0.39 is 16.1 Å². The molecule has 2 nitrogen and oxygen atoms in total. The van der Waals surface area contributed by atoms with Crippen molar-refractivity contribution < 1.29 is 4.42 Å². The molecule has 0 saturated carbocycles. The highest BCUT2D eigenvalue weighted by Crippen LogP contribution is 2.41. The van der Waals surface area contributed by atoms with Crippen LogP contribution in [-0.2, 0) is 0 Å². The summed E-state index contributed by atoms with van der Waals surface area (Å²) in [5.74, 6) is 0. The third-order valence-corrected chi connectivity index (χ3v) is 25.0. The Bertz CT molecular complexity index is 3870. The van der Waals surface area contributed by atoms with Gasteiger partial charge >= 0.3 is 0 Å². The van der Waals surface area contributed by atoms with Gasteiger partial charge in [0.05, 0.1) is 0 Å². The van der Waals surface area contributed by atoms with Crippen molar-refractivity contribution in [2.24, 2.45) is 0 Å². The average molecular weight is 924 g/mol. The van der Waals surface area contributed by atoms with Gasteiger partial charge < -0.3 is 9.32 Å². The molecular weight excluding hydrogens is 879 g/mol. The second kappa shape index (κ2) is 16.0. The Morgan fingerprint density at radius 3 is 1.30 bits per heavy atom. The second-order valence-corrected chi connectivity index (χ2v) is 26.2. The molecular formula is C66H45NOSi2. The van der Waals surface area contributed by atoms with Crippen molar-refractivity contribution >= 4 is 96.6 Å². The lowest BCUT2D eigenvalue weighted by molar-refractivity contribution is 0.669. The van der Waals surface area contributed by atoms with Crippen molar-refractivity contribution in [3.05, 3.63) is 273 Å². The normalized spacial score (nSPS) is 13.7. The van der Waals surface area contributed by atoms with Gasteiger partial charge in [-0.25, -0.2) is 0 Å². The first-order valence-corrected chi connectivity index (χ1v) is 28.2. The van der Waals surface area contributed by atoms with Crippen LogP contribution in [-0.4, -0.2) is 16.1 Å². The minimum Gasteiger partial charge on any atom is -0.456 e. The van der Waals surface area contributed by atoms with Crippen molar-refractivity contribution in [1.82, 2.24) is 0 Å². The molecule has 2 aliphatic heterocycles. The number of fused-ring (bicyclic) bond motifs is 9. The SMILES string of the molecule is c1ccc([Si]2(c3cccc(-c4ccc(N(c5ccc6c(c5)[Si](c5ccccc5)(c5ccccc5)c5ccccc5-6)c5ccc6c(c5)oc5ccccc56)cc4)c3)c3ccccc3-c3ccccc32)cc1. The molecule has 0 spiro atoms. The van der Waals surface area contributed by atoms with Gasteiger partial charge in [0.15, 0.2) is 16.1 Å². The first kappa shape index (κ1) is 40.5. The number of nitrogens with zero attached hydrogens (tertiary/aromatic N) is 1. The summed E-state index contributed by atoms with van der Waals surface area (Å²) in [5.41, 5.74) is 12.7. The first-order valence-electron chi connectivity index (χ1n) is 24.2. The Kier molecular flexibility index (Phi) is 9.28. The second-order valence-electron chi connectivity index (χ2n) is 18.7. The van der Waals surface area contributed by atoms with Crippen LogP contribution in [0.15, 0.2) is 277 Å². The molecule has 0 unspecified atom stereocenters. The zero-order valence-electron chi connectivity index (χ0n) is 38.3. The molecule has 0 fully saturated rings. The van der Waals surface area contributed by atoms with E-state index in [0.29, 0.717) is 0 Å². The Morgan fingerprint density at radius 1 is 0.257 bits per heavy atom. The van der Waals surface area contributed by atoms with Gasteiger partial charge in [-0.15, -0.1) is 0 Å². The van der Waals surface area contributed by atoms with Crippen LogP contribution in [0.4, 0.5) is 17.1 Å². The van der Waals surface area contributed by atoms with Gasteiger partial charge in [-0.1, -0.05) is 224 Å². The number of rotatable bonds is 8. The van der Waals surface area contributed by atoms with Gasteiger partial charge in [-0.2, -0.15) is 0 Å². The van der Waals surface area contributed by atoms with E-state index in [-0.39, 0.29) is 0 Å². The third-order valence-electron chi connectivity index (χ3n) is 15.2. The highest BCUT2D eigenvalue weighted by atomic mass is 28.3. The summed E-state index contributed by atoms with van der Waals surface area (Å²) >= 11 is 0. The van der Waals surface area contributed by atoms with Gasteiger partial charge in [0.2, 0.25) is 0 Å². The van der Waals surface area contributed by atoms with Crippen molar-refractivity contribution in [2.45, 2.75) is 0 Å². The molecule has 0 atom stereocenters. The van der Waals surface area contributed by atoms with E-state index in [0.717, 1.165) is 39.0 Å². The van der Waals surface area contributed by atoms with E-state index >= 15 is 0 Å². The van der Waals surface area contributed by atoms with Crippen molar-refractivity contribution in [3.63, 3.8) is 0 Å². The number of hydrogen-bond donors (Lipinski definition) is 0. The largest absolute Gasteiger partial charge is 0.456 e. The lowest BCUT2D eigenvalue weighted by atomic mass is 10.0. The fraction of sp³-hybridized carbons (Fsp3) is 0. The molecule has 3 heterocycles. The maximum absolute atomic E-state index is 6.58. The van der Waals surface area contributed by atoms with Gasteiger partial charge in [-0.3, -0.25) is 0 Å². The molecule has 70 heavy (non-hydrogen) atoms. The predicted molar refractivity (Wildman–Crippen MR) is 299 cm³/mol. The number of anilines is 3. The Labute approximate surface area is 410 Å². The fourth-order valence-electron chi connectivity index (χ4n) is 12.3. The Hall–Kier alpha value is -8.55. The molecule has 4 heteroatoms. The van der Waals surface area contributed by atoms with E-state index in [1.807, 2.05) is 6.07 Å². The van der Waals surface area contributed by atoms with Gasteiger partial charge in [0, 0.05) is 33.9 Å². The molecule has 2 aliphatic rings. The standard InChI is InChI=1S/C66H45NOSi2/c1-4-20-51(21-5-1)69(52-22-6-2-7-23-52)63-32-15-13-30-59(63)60-42-40-50(45-66(60)69)67(49-39-41-56-55-27-10-14-31-61(55)68-62(56)44-49)48-37-35-46(36-38-48)47-19-18-26-54(43-47)70(53-24-8-3-9-25-53)64-33-16-11-28-57(64)58-29-12-17-34-65(58)70/h1-45H. The molecule has 12 aromatic rings. The Balaban J connectivity index is 0.943. The fourth-order valence-corrected chi connectivity index (χ4v) is 22.7. The number of para-hydroxylation sites is 1. The van der Waals surface area contributed by atoms with Crippen LogP contribution in [0.3, 0.4) is 0 Å². The number of hydrogen-bond acceptors (Lipinski definition) is 2. The molecule has 328 valence electrons. The smallest absolute Gasteiger partial charge is 0.180 e. The minimum absolute atomic E-state index is 0.870. The van der Waals surface area contributed by atoms with Crippen molar-refractivity contribution in [3.8, 4) is 33.4 Å². The van der Waals surface area contributed by atoms with Crippen LogP contribution in [0, 0.1) is 0 Å². The van der Waals surface area contributed by atoms with Crippen molar-refractivity contribution in [1.29, 1.82) is 0 Å². The van der Waals surface area contributed by atoms with Crippen LogP contribution in [0.5, 0.6) is 0 Å². The molecule has 0 saturated heterocycles. The zero-order valence-corrected chi connectivity index (χ0v) is 40.3. The first-order chi connectivity index (χ1) is 34.7. The van der Waals surface area contributed by atoms with Gasteiger partial charge in [0.25, 0.3) is 0 Å². The van der Waals surface area contributed by atoms with Gasteiger partial charge in [-0.05, 0) is 117 Å². The predicted octanol–water partition coefficient (Wildman–Crippen LogP) is 11.4. The molecule has 1 aromatic heterocycles. The molecule has 0 amide bonds. The zero-order chi connectivity index (χ0) is 46.2. The maximum Gasteiger partial charge on any atom is 0.180 e. The van der Waals surface area contributed by atoms with E-state index in [9.17, 15) is 0 Å². The quantitative estimate of drug-likeness (QED) is 0.141. The Morgan fingerprint density at radius 2 is 0.700 bits per heavy atom. The highest BCUT2D eigenvalue weighted by molar-refractivity contribution is 7.23. The average Bonchev–Trinajstić information content (AvgIpc) is 4.07. The maximum atomic E-state index is 6.58. The molecule has 0 N–H and O–H groups in total. The summed E-state index contributed by atoms with van der Waals surface area (Å²) in [5, 5.41) is 13.5. The third kappa shape index (κ3) is 5.91. The van der Waals surface area contributed by atoms with Crippen LogP contribution in [0.25, 0.3) is 55.3 Å². The molecule has 0 aliphatic carbocycles. The van der Waals surface area contributed by atoms with E-state index in [1.54, 1.807) is 0 Å². The number of furan rings is 1. The van der Waals surface area contributed by atoms with Crippen molar-refractivity contribution in [2.75, 3.05) is 4.90 Å². The van der Waals surface area contributed by atoms with Crippen LogP contribution >= 0.6 is 0 Å². The summed E-state index contributed by atoms with van der Waals surface area (Å²) in [4.78, 5) is 2.43. The summed E-state index contributed by atoms with van der Waals surface area (Å²) in [6, 6.07) is 102. The number of benzene rings is 11. The summed E-state index contributed by atoms with van der Waals surface area (Å²) in [6.07, 6.45) is 0. The summed E-state index contributed by atoms with van der Waals surface area (Å²) < 4.78 is 6.58. The van der Waals surface area contributed by atoms with E-state index in [2.05, 4.69) is 272 Å². The van der Waals surface area contributed by atoms with E-state index in [1.165, 1.54) is 74.9 Å². The molecule has 0 bridgehead atoms. The minimum atomic E-state index is -2.76. The lowest BCUT2D eigenvalue weighted by Crippen LogP contribution is -2.72. The monoisotopic (exact) mass is 923 g/mol. The molecule has 0 radical (unpaired) electrons. The van der Waals surface area contributed by atoms with Crippen LogP contribution in [0.1, 0.15) is 0 Å². The lowest BCUT2D eigenvalue weighted by Gasteiger charge is -2.32. The van der Waals surface area contributed by atoms with E-state index in [4.69, 9.17) is 4.42 Å². The topological polar surface area (TPSA) is 16.4 Å².